The summed E-state index contributed by atoms with van der Waals surface area (Å²) >= 11 is 0. The highest BCUT2D eigenvalue weighted by molar-refractivity contribution is 5.77. The Morgan fingerprint density at radius 3 is 2.19 bits per heavy atom. The molecule has 3 aromatic rings. The van der Waals surface area contributed by atoms with E-state index in [4.69, 9.17) is 0 Å². The molecule has 1 atom stereocenters. The van der Waals surface area contributed by atoms with Gasteiger partial charge in [-0.3, -0.25) is 0 Å². The van der Waals surface area contributed by atoms with Gasteiger partial charge in [0.25, 0.3) is 0 Å². The molecule has 1 saturated carbocycles. The summed E-state index contributed by atoms with van der Waals surface area (Å²) < 4.78 is 85.8. The molecule has 2 amide bonds. The van der Waals surface area contributed by atoms with Crippen molar-refractivity contribution >= 4 is 6.03 Å². The number of hydrogen-bond acceptors (Lipinski definition) is 2. The Morgan fingerprint density at radius 1 is 0.946 bits per heavy atom. The number of carbonyl (C=O) groups is 1. The largest absolute Gasteiger partial charge is 0.461 e. The van der Waals surface area contributed by atoms with Crippen molar-refractivity contribution in [3.8, 4) is 5.75 Å². The number of benzene rings is 3. The Hall–Kier alpha value is -3.69. The Labute approximate surface area is 209 Å². The fourth-order valence-corrected chi connectivity index (χ4v) is 4.08. The third kappa shape index (κ3) is 6.18. The van der Waals surface area contributed by atoms with Crippen LogP contribution in [0.4, 0.5) is 31.1 Å². The first-order valence-electron chi connectivity index (χ1n) is 11.5. The van der Waals surface area contributed by atoms with Crippen LogP contribution in [-0.2, 0) is 12.0 Å². The number of urea groups is 1. The first-order chi connectivity index (χ1) is 17.4. The molecule has 0 radical (unpaired) electrons. The number of hydrogen-bond donors (Lipinski definition) is 2. The maximum absolute atomic E-state index is 14.8. The van der Waals surface area contributed by atoms with Gasteiger partial charge in [0.15, 0.2) is 0 Å². The van der Waals surface area contributed by atoms with Crippen molar-refractivity contribution in [1.82, 2.24) is 10.6 Å². The Kier molecular flexibility index (Phi) is 7.12. The molecule has 3 aromatic carbocycles. The summed E-state index contributed by atoms with van der Waals surface area (Å²) in [6.45, 7) is 1.84. The summed E-state index contributed by atoms with van der Waals surface area (Å²) in [5, 5.41) is 5.67. The van der Waals surface area contributed by atoms with E-state index in [9.17, 15) is 31.1 Å². The zero-order chi connectivity index (χ0) is 26.8. The van der Waals surface area contributed by atoms with E-state index in [1.165, 1.54) is 12.1 Å². The van der Waals surface area contributed by atoms with Gasteiger partial charge in [-0.2, -0.15) is 17.6 Å². The smallest absolute Gasteiger partial charge is 0.428 e. The van der Waals surface area contributed by atoms with Crippen molar-refractivity contribution in [2.45, 2.75) is 49.8 Å². The van der Waals surface area contributed by atoms with Crippen LogP contribution in [0.15, 0.2) is 72.8 Å². The molecule has 0 saturated heterocycles. The molecular formula is C27H24F6N2O2. The van der Waals surface area contributed by atoms with Crippen molar-refractivity contribution in [2.75, 3.05) is 0 Å². The van der Waals surface area contributed by atoms with Crippen LogP contribution < -0.4 is 15.4 Å². The minimum absolute atomic E-state index is 0.0161. The second kappa shape index (κ2) is 9.99. The Bertz CT molecular complexity index is 1250. The highest BCUT2D eigenvalue weighted by atomic mass is 19.3. The predicted octanol–water partition coefficient (Wildman–Crippen LogP) is 6.54. The van der Waals surface area contributed by atoms with E-state index in [1.54, 1.807) is 30.3 Å². The monoisotopic (exact) mass is 522 g/mol. The van der Waals surface area contributed by atoms with Crippen LogP contribution in [0.1, 0.15) is 36.5 Å². The lowest BCUT2D eigenvalue weighted by atomic mass is 9.77. The Balaban J connectivity index is 1.88. The van der Waals surface area contributed by atoms with E-state index in [0.717, 1.165) is 37.1 Å². The van der Waals surface area contributed by atoms with Crippen molar-refractivity contribution < 1.29 is 35.9 Å². The summed E-state index contributed by atoms with van der Waals surface area (Å²) in [4.78, 5) is 13.2. The lowest BCUT2D eigenvalue weighted by molar-refractivity contribution is -0.253. The molecule has 0 aliphatic heterocycles. The van der Waals surface area contributed by atoms with E-state index in [2.05, 4.69) is 15.4 Å². The number of halogens is 6. The van der Waals surface area contributed by atoms with E-state index in [-0.39, 0.29) is 12.0 Å². The maximum atomic E-state index is 14.8. The summed E-state index contributed by atoms with van der Waals surface area (Å²) in [7, 11) is 0. The lowest BCUT2D eigenvalue weighted by Gasteiger charge is -2.37. The molecule has 4 nitrogen and oxygen atoms in total. The molecule has 2 N–H and O–H groups in total. The van der Waals surface area contributed by atoms with Crippen LogP contribution in [0.3, 0.4) is 0 Å². The summed E-state index contributed by atoms with van der Waals surface area (Å²) in [6, 6.07) is 15.6. The topological polar surface area (TPSA) is 50.4 Å². The van der Waals surface area contributed by atoms with Crippen LogP contribution in [-0.4, -0.2) is 24.1 Å². The highest BCUT2D eigenvalue weighted by Crippen LogP contribution is 2.39. The molecule has 0 heterocycles. The second-order valence-electron chi connectivity index (χ2n) is 9.35. The van der Waals surface area contributed by atoms with Gasteiger partial charge in [-0.15, -0.1) is 0 Å². The molecule has 1 fully saturated rings. The average molecular weight is 522 g/mol. The van der Waals surface area contributed by atoms with Gasteiger partial charge in [0.1, 0.15) is 17.4 Å². The van der Waals surface area contributed by atoms with Crippen molar-refractivity contribution in [3.05, 3.63) is 101 Å². The van der Waals surface area contributed by atoms with Crippen molar-refractivity contribution in [3.63, 3.8) is 0 Å². The van der Waals surface area contributed by atoms with Gasteiger partial charge in [0.05, 0.1) is 5.54 Å². The molecule has 0 bridgehead atoms. The number of amides is 2. The number of carbonyl (C=O) groups excluding carboxylic acids is 1. The summed E-state index contributed by atoms with van der Waals surface area (Å²) in [6.07, 6.45) is -7.58. The maximum Gasteiger partial charge on any atom is 0.461 e. The fourth-order valence-electron chi connectivity index (χ4n) is 4.08. The Morgan fingerprint density at radius 2 is 1.59 bits per heavy atom. The quantitative estimate of drug-likeness (QED) is 0.314. The second-order valence-corrected chi connectivity index (χ2v) is 9.35. The number of rotatable bonds is 9. The van der Waals surface area contributed by atoms with Gasteiger partial charge in [-0.05, 0) is 60.7 Å². The van der Waals surface area contributed by atoms with Crippen LogP contribution in [0.25, 0.3) is 0 Å². The molecule has 10 heteroatoms. The molecule has 1 aliphatic carbocycles. The molecule has 0 unspecified atom stereocenters. The molecule has 37 heavy (non-hydrogen) atoms. The SMILES string of the molecule is CC1(NC(=O)N[C@](Cc2ccccc2)(c2ccc(F)cc2)c2cc(F)cc(OC(F)(F)C(F)F)c2)CC1. The minimum atomic E-state index is -4.88. The standard InChI is InChI=1S/C27H24F6N2O2/c1-25(11-12-25)34-24(36)35-26(16-17-5-3-2-4-6-17,18-7-9-20(28)10-8-18)19-13-21(29)15-22(14-19)37-27(32,33)23(30)31/h2-10,13-15,23H,11-12,16H2,1H3,(H2,34,35,36)/t26-/m1/s1. The van der Waals surface area contributed by atoms with Gasteiger partial charge < -0.3 is 15.4 Å². The van der Waals surface area contributed by atoms with E-state index < -0.39 is 47.0 Å². The zero-order valence-corrected chi connectivity index (χ0v) is 19.7. The first kappa shape index (κ1) is 26.4. The average Bonchev–Trinajstić information content (AvgIpc) is 3.55. The molecular weight excluding hydrogens is 498 g/mol. The van der Waals surface area contributed by atoms with Crippen LogP contribution >= 0.6 is 0 Å². The molecule has 0 spiro atoms. The van der Waals surface area contributed by atoms with E-state index in [0.29, 0.717) is 17.2 Å². The van der Waals surface area contributed by atoms with Gasteiger partial charge in [-0.1, -0.05) is 42.5 Å². The number of nitrogens with one attached hydrogen (secondary N) is 2. The zero-order valence-electron chi connectivity index (χ0n) is 19.7. The molecule has 4 rings (SSSR count). The van der Waals surface area contributed by atoms with Crippen molar-refractivity contribution in [1.29, 1.82) is 0 Å². The van der Waals surface area contributed by atoms with Gasteiger partial charge >= 0.3 is 18.6 Å². The molecule has 196 valence electrons. The normalized spacial score (nSPS) is 16.1. The minimum Gasteiger partial charge on any atom is -0.428 e. The molecule has 0 aromatic heterocycles. The first-order valence-corrected chi connectivity index (χ1v) is 11.5. The summed E-state index contributed by atoms with van der Waals surface area (Å²) in [5.41, 5.74) is -1.19. The predicted molar refractivity (Wildman–Crippen MR) is 125 cm³/mol. The number of alkyl halides is 4. The molecule has 1 aliphatic rings. The van der Waals surface area contributed by atoms with Gasteiger partial charge in [0.2, 0.25) is 0 Å². The van der Waals surface area contributed by atoms with Gasteiger partial charge in [-0.25, -0.2) is 13.6 Å². The lowest BCUT2D eigenvalue weighted by Crippen LogP contribution is -2.54. The number of ether oxygens (including phenoxy) is 1. The van der Waals surface area contributed by atoms with Gasteiger partial charge in [0, 0.05) is 18.0 Å². The van der Waals surface area contributed by atoms with E-state index >= 15 is 0 Å². The third-order valence-electron chi connectivity index (χ3n) is 6.26. The highest BCUT2D eigenvalue weighted by Gasteiger charge is 2.45. The van der Waals surface area contributed by atoms with Crippen LogP contribution in [0, 0.1) is 11.6 Å². The van der Waals surface area contributed by atoms with Crippen molar-refractivity contribution in [2.24, 2.45) is 0 Å². The third-order valence-corrected chi connectivity index (χ3v) is 6.26. The fraction of sp³-hybridized carbons (Fsp3) is 0.296. The van der Waals surface area contributed by atoms with E-state index in [1.807, 2.05) is 6.92 Å². The van der Waals surface area contributed by atoms with Crippen LogP contribution in [0.2, 0.25) is 0 Å². The summed E-state index contributed by atoms with van der Waals surface area (Å²) in [5.74, 6) is -2.50. The van der Waals surface area contributed by atoms with Crippen LogP contribution in [0.5, 0.6) is 5.75 Å².